The number of allylic oxidation sites excluding steroid dienone is 1. The molecule has 0 amide bonds. The maximum absolute atomic E-state index is 5.66. The molecule has 0 fully saturated rings. The van der Waals surface area contributed by atoms with Gasteiger partial charge in [-0.2, -0.15) is 19.9 Å². The van der Waals surface area contributed by atoms with E-state index in [-0.39, 0.29) is 23.5 Å². The Kier molecular flexibility index (Phi) is 5.74. The van der Waals surface area contributed by atoms with Crippen LogP contribution in [0.1, 0.15) is 25.2 Å². The lowest BCUT2D eigenvalue weighted by Gasteiger charge is -2.01. The van der Waals surface area contributed by atoms with Gasteiger partial charge in [-0.25, -0.2) is 19.9 Å². The summed E-state index contributed by atoms with van der Waals surface area (Å²) in [6.45, 7) is 3.61. The second-order valence-electron chi connectivity index (χ2n) is 5.70. The Bertz CT molecular complexity index is 1320. The predicted molar refractivity (Wildman–Crippen MR) is 115 cm³/mol. The van der Waals surface area contributed by atoms with Gasteiger partial charge in [0, 0.05) is 0 Å². The van der Waals surface area contributed by atoms with Crippen LogP contribution in [-0.2, 0) is 0 Å². The zero-order chi connectivity index (χ0) is 21.7. The van der Waals surface area contributed by atoms with Gasteiger partial charge in [-0.15, -0.1) is 0 Å². The zero-order valence-electron chi connectivity index (χ0n) is 16.2. The van der Waals surface area contributed by atoms with E-state index < -0.39 is 0 Å². The Morgan fingerprint density at radius 1 is 0.767 bits per heavy atom. The summed E-state index contributed by atoms with van der Waals surface area (Å²) in [5.41, 5.74) is 25.1. The van der Waals surface area contributed by atoms with Gasteiger partial charge >= 0.3 is 0 Å². The van der Waals surface area contributed by atoms with Crippen LogP contribution in [0.15, 0.2) is 18.5 Å². The monoisotopic (exact) mass is 402 g/mol. The molecule has 0 spiro atoms. The minimum atomic E-state index is 0.0867. The van der Waals surface area contributed by atoms with E-state index in [0.29, 0.717) is 33.7 Å². The topological polar surface area (TPSA) is 207 Å². The molecule has 0 atom stereocenters. The number of hydrogen-bond donors (Lipinski definition) is 4. The van der Waals surface area contributed by atoms with E-state index in [1.54, 1.807) is 13.1 Å². The highest BCUT2D eigenvalue weighted by molar-refractivity contribution is 5.83. The first-order valence-corrected chi connectivity index (χ1v) is 8.58. The van der Waals surface area contributed by atoms with Gasteiger partial charge in [-0.05, 0) is 25.8 Å². The van der Waals surface area contributed by atoms with Crippen LogP contribution in [0.3, 0.4) is 0 Å². The van der Waals surface area contributed by atoms with Crippen molar-refractivity contribution in [3.8, 4) is 11.8 Å². The smallest absolute Gasteiger partial charge is 0.224 e. The van der Waals surface area contributed by atoms with Crippen LogP contribution in [0.25, 0.3) is 28.4 Å². The fourth-order valence-electron chi connectivity index (χ4n) is 2.35. The molecular weight excluding hydrogens is 384 g/mol. The van der Waals surface area contributed by atoms with Gasteiger partial charge in [0.2, 0.25) is 11.9 Å². The summed E-state index contributed by atoms with van der Waals surface area (Å²) < 4.78 is 0. The molecular formula is C18H18N12. The number of aromatic nitrogens is 8. The lowest BCUT2D eigenvalue weighted by Crippen LogP contribution is -2.03. The molecule has 0 unspecified atom stereocenters. The summed E-state index contributed by atoms with van der Waals surface area (Å²) in [6.07, 6.45) is 6.81. The summed E-state index contributed by atoms with van der Waals surface area (Å²) >= 11 is 0. The van der Waals surface area contributed by atoms with E-state index in [0.717, 1.165) is 0 Å². The number of nitrogens with two attached hydrogens (primary N) is 4. The highest BCUT2D eigenvalue weighted by atomic mass is 15.1. The lowest BCUT2D eigenvalue weighted by atomic mass is 10.4. The van der Waals surface area contributed by atoms with Gasteiger partial charge in [0.25, 0.3) is 0 Å². The number of hydrogen-bond acceptors (Lipinski definition) is 12. The number of nitrogens with zero attached hydrogens (tertiary/aromatic N) is 8. The normalized spacial score (nSPS) is 10.5. The molecule has 4 heterocycles. The molecule has 0 bridgehead atoms. The SMILES string of the molecule is C/C=C\c1cnc2nc(N)nc(N)c2n1.CC#Cc1cnc2nc(N)nc(N)c2n1. The third-order valence-corrected chi connectivity index (χ3v) is 3.51. The average molecular weight is 402 g/mol. The van der Waals surface area contributed by atoms with Crippen LogP contribution in [0.2, 0.25) is 0 Å². The Morgan fingerprint density at radius 2 is 1.33 bits per heavy atom. The molecule has 0 aliphatic rings. The van der Waals surface area contributed by atoms with E-state index in [9.17, 15) is 0 Å². The van der Waals surface area contributed by atoms with Crippen LogP contribution >= 0.6 is 0 Å². The summed E-state index contributed by atoms with van der Waals surface area (Å²) in [7, 11) is 0. The lowest BCUT2D eigenvalue weighted by molar-refractivity contribution is 1.15. The first-order valence-electron chi connectivity index (χ1n) is 8.58. The Hall–Kier alpha value is -4.66. The molecule has 0 aliphatic carbocycles. The molecule has 0 aromatic carbocycles. The van der Waals surface area contributed by atoms with Gasteiger partial charge in [0.15, 0.2) is 34.0 Å². The van der Waals surface area contributed by atoms with Crippen LogP contribution in [0, 0.1) is 11.8 Å². The Morgan fingerprint density at radius 3 is 1.90 bits per heavy atom. The van der Waals surface area contributed by atoms with E-state index in [4.69, 9.17) is 22.9 Å². The first kappa shape index (κ1) is 20.1. The van der Waals surface area contributed by atoms with Crippen molar-refractivity contribution in [2.75, 3.05) is 22.9 Å². The fourth-order valence-corrected chi connectivity index (χ4v) is 2.35. The largest absolute Gasteiger partial charge is 0.382 e. The standard InChI is InChI=1S/C9H10N6.C9H8N6/c2*1-2-3-5-4-12-8-6(13-5)7(10)14-9(11)15-8/h2-4H,1H3,(H4,10,11,12,14,15);4H,1H3,(H4,10,11,12,14,15)/b3-2-;. The van der Waals surface area contributed by atoms with Gasteiger partial charge in [-0.1, -0.05) is 12.0 Å². The molecule has 4 aromatic rings. The maximum atomic E-state index is 5.66. The summed E-state index contributed by atoms with van der Waals surface area (Å²) in [6, 6.07) is 0. The van der Waals surface area contributed by atoms with Gasteiger partial charge in [0.05, 0.1) is 18.1 Å². The van der Waals surface area contributed by atoms with Crippen molar-refractivity contribution in [2.45, 2.75) is 13.8 Å². The second kappa shape index (κ2) is 8.57. The molecule has 8 N–H and O–H groups in total. The predicted octanol–water partition coefficient (Wildman–Crippen LogP) is 0.573. The molecule has 4 aromatic heterocycles. The van der Waals surface area contributed by atoms with Crippen molar-refractivity contribution in [3.05, 3.63) is 29.9 Å². The Labute approximate surface area is 170 Å². The molecule has 0 saturated heterocycles. The molecule has 0 saturated carbocycles. The van der Waals surface area contributed by atoms with Crippen molar-refractivity contribution in [2.24, 2.45) is 0 Å². The van der Waals surface area contributed by atoms with E-state index in [1.807, 2.05) is 19.1 Å². The fraction of sp³-hybridized carbons (Fsp3) is 0.111. The van der Waals surface area contributed by atoms with Crippen LogP contribution in [-0.4, -0.2) is 39.9 Å². The molecule has 30 heavy (non-hydrogen) atoms. The number of fused-ring (bicyclic) bond motifs is 2. The third-order valence-electron chi connectivity index (χ3n) is 3.51. The molecule has 0 aliphatic heterocycles. The van der Waals surface area contributed by atoms with Gasteiger partial charge in [0.1, 0.15) is 5.69 Å². The molecule has 150 valence electrons. The van der Waals surface area contributed by atoms with Crippen LogP contribution in [0.4, 0.5) is 23.5 Å². The highest BCUT2D eigenvalue weighted by Gasteiger charge is 2.07. The van der Waals surface area contributed by atoms with E-state index in [2.05, 4.69) is 51.7 Å². The number of rotatable bonds is 1. The minimum absolute atomic E-state index is 0.0867. The first-order chi connectivity index (χ1) is 14.4. The second-order valence-corrected chi connectivity index (χ2v) is 5.70. The van der Waals surface area contributed by atoms with Gasteiger partial charge in [-0.3, -0.25) is 0 Å². The van der Waals surface area contributed by atoms with Crippen molar-refractivity contribution in [1.82, 2.24) is 39.9 Å². The van der Waals surface area contributed by atoms with Crippen LogP contribution in [0.5, 0.6) is 0 Å². The summed E-state index contributed by atoms with van der Waals surface area (Å²) in [4.78, 5) is 32.0. The van der Waals surface area contributed by atoms with Crippen molar-refractivity contribution in [1.29, 1.82) is 0 Å². The molecule has 12 nitrogen and oxygen atoms in total. The Balaban J connectivity index is 0.000000171. The number of anilines is 4. The van der Waals surface area contributed by atoms with Crippen LogP contribution < -0.4 is 22.9 Å². The minimum Gasteiger partial charge on any atom is -0.382 e. The quantitative estimate of drug-likeness (QED) is 0.322. The highest BCUT2D eigenvalue weighted by Crippen LogP contribution is 2.15. The van der Waals surface area contributed by atoms with Crippen molar-refractivity contribution in [3.63, 3.8) is 0 Å². The molecule has 0 radical (unpaired) electrons. The average Bonchev–Trinajstić information content (AvgIpc) is 2.70. The van der Waals surface area contributed by atoms with Gasteiger partial charge < -0.3 is 22.9 Å². The van der Waals surface area contributed by atoms with E-state index >= 15 is 0 Å². The van der Waals surface area contributed by atoms with Crippen molar-refractivity contribution >= 4 is 51.9 Å². The zero-order valence-corrected chi connectivity index (χ0v) is 16.2. The molecule has 12 heteroatoms. The van der Waals surface area contributed by atoms with E-state index in [1.165, 1.54) is 6.20 Å². The maximum Gasteiger partial charge on any atom is 0.224 e. The molecule has 4 rings (SSSR count). The van der Waals surface area contributed by atoms with Crippen molar-refractivity contribution < 1.29 is 0 Å². The number of nitrogen functional groups attached to an aromatic ring is 4. The third kappa shape index (κ3) is 4.42. The summed E-state index contributed by atoms with van der Waals surface area (Å²) in [5, 5.41) is 0. The summed E-state index contributed by atoms with van der Waals surface area (Å²) in [5.74, 6) is 6.15.